The molecular weight excluding hydrogens is 492 g/mol. The van der Waals surface area contributed by atoms with E-state index in [4.69, 9.17) is 39.5 Å². The molecule has 0 radical (unpaired) electrons. The van der Waals surface area contributed by atoms with Crippen molar-refractivity contribution in [2.24, 2.45) is 0 Å². The summed E-state index contributed by atoms with van der Waals surface area (Å²) in [6, 6.07) is 12.4. The smallest absolute Gasteiger partial charge is 0.367 e. The highest BCUT2D eigenvalue weighted by Crippen LogP contribution is 2.31. The van der Waals surface area contributed by atoms with Crippen LogP contribution in [0.2, 0.25) is 15.1 Å². The van der Waals surface area contributed by atoms with E-state index < -0.39 is 11.0 Å². The SMILES string of the molecule is O=[N+]([O-])c1cn(CC(OCc2ccc(Cl)cc2)c2ccc(Cl)cc2Cl)c(Br)n1. The molecule has 28 heavy (non-hydrogen) atoms. The van der Waals surface area contributed by atoms with Gasteiger partial charge in [0.05, 0.1) is 13.2 Å². The van der Waals surface area contributed by atoms with Crippen molar-refractivity contribution in [2.45, 2.75) is 19.3 Å². The summed E-state index contributed by atoms with van der Waals surface area (Å²) in [4.78, 5) is 14.3. The summed E-state index contributed by atoms with van der Waals surface area (Å²) in [5.41, 5.74) is 1.64. The van der Waals surface area contributed by atoms with Crippen LogP contribution in [-0.4, -0.2) is 14.5 Å². The van der Waals surface area contributed by atoms with Gasteiger partial charge in [0.2, 0.25) is 0 Å². The monoisotopic (exact) mass is 503 g/mol. The van der Waals surface area contributed by atoms with Crippen molar-refractivity contribution in [1.82, 2.24) is 9.55 Å². The van der Waals surface area contributed by atoms with Crippen molar-refractivity contribution in [3.63, 3.8) is 0 Å². The Morgan fingerprint density at radius 1 is 1.14 bits per heavy atom. The maximum absolute atomic E-state index is 11.0. The molecule has 0 saturated carbocycles. The zero-order valence-corrected chi connectivity index (χ0v) is 18.0. The molecule has 146 valence electrons. The Labute approximate surface area is 184 Å². The molecule has 10 heteroatoms. The van der Waals surface area contributed by atoms with E-state index in [1.54, 1.807) is 34.9 Å². The molecule has 0 N–H and O–H groups in total. The minimum absolute atomic E-state index is 0.259. The minimum Gasteiger partial charge on any atom is -0.367 e. The summed E-state index contributed by atoms with van der Waals surface area (Å²) in [6.45, 7) is 0.561. The van der Waals surface area contributed by atoms with Gasteiger partial charge in [0.25, 0.3) is 4.73 Å². The molecule has 1 atom stereocenters. The van der Waals surface area contributed by atoms with Gasteiger partial charge in [0, 0.05) is 36.6 Å². The van der Waals surface area contributed by atoms with Gasteiger partial charge < -0.3 is 14.9 Å². The van der Waals surface area contributed by atoms with E-state index in [1.165, 1.54) is 6.20 Å². The zero-order valence-electron chi connectivity index (χ0n) is 14.2. The normalized spacial score (nSPS) is 12.1. The van der Waals surface area contributed by atoms with Gasteiger partial charge in [-0.05, 0) is 39.7 Å². The van der Waals surface area contributed by atoms with Crippen molar-refractivity contribution in [2.75, 3.05) is 0 Å². The first-order chi connectivity index (χ1) is 13.3. The summed E-state index contributed by atoms with van der Waals surface area (Å²) in [7, 11) is 0. The van der Waals surface area contributed by atoms with Gasteiger partial charge in [0.15, 0.2) is 0 Å². The van der Waals surface area contributed by atoms with E-state index in [0.29, 0.717) is 32.0 Å². The van der Waals surface area contributed by atoms with E-state index in [-0.39, 0.29) is 12.4 Å². The molecule has 0 bridgehead atoms. The van der Waals surface area contributed by atoms with Crippen LogP contribution < -0.4 is 0 Å². The van der Waals surface area contributed by atoms with Crippen LogP contribution >= 0.6 is 50.7 Å². The van der Waals surface area contributed by atoms with Gasteiger partial charge >= 0.3 is 5.82 Å². The third-order valence-corrected chi connectivity index (χ3v) is 5.39. The van der Waals surface area contributed by atoms with Gasteiger partial charge in [-0.2, -0.15) is 0 Å². The van der Waals surface area contributed by atoms with E-state index in [2.05, 4.69) is 20.9 Å². The number of hydrogen-bond donors (Lipinski definition) is 0. The first kappa shape index (κ1) is 21.1. The third-order valence-electron chi connectivity index (χ3n) is 3.94. The molecule has 1 unspecified atom stereocenters. The zero-order chi connectivity index (χ0) is 20.3. The molecular formula is C18H13BrCl3N3O3. The fourth-order valence-electron chi connectivity index (χ4n) is 2.56. The van der Waals surface area contributed by atoms with Gasteiger partial charge in [-0.3, -0.25) is 4.57 Å². The van der Waals surface area contributed by atoms with E-state index >= 15 is 0 Å². The van der Waals surface area contributed by atoms with Crippen LogP contribution in [-0.2, 0) is 17.9 Å². The molecule has 0 aliphatic heterocycles. The summed E-state index contributed by atoms with van der Waals surface area (Å²) >= 11 is 21.5. The van der Waals surface area contributed by atoms with Crippen LogP contribution in [0.1, 0.15) is 17.2 Å². The Morgan fingerprint density at radius 3 is 2.43 bits per heavy atom. The highest BCUT2D eigenvalue weighted by atomic mass is 79.9. The minimum atomic E-state index is -0.555. The Hall–Kier alpha value is -1.64. The summed E-state index contributed by atoms with van der Waals surface area (Å²) in [5, 5.41) is 12.6. The molecule has 0 amide bonds. The lowest BCUT2D eigenvalue weighted by Crippen LogP contribution is -2.13. The lowest BCUT2D eigenvalue weighted by Gasteiger charge is -2.20. The fourth-order valence-corrected chi connectivity index (χ4v) is 3.64. The van der Waals surface area contributed by atoms with Crippen molar-refractivity contribution >= 4 is 56.6 Å². The lowest BCUT2D eigenvalue weighted by atomic mass is 10.1. The molecule has 0 saturated heterocycles. The van der Waals surface area contributed by atoms with E-state index in [0.717, 1.165) is 5.56 Å². The van der Waals surface area contributed by atoms with Crippen LogP contribution in [0.25, 0.3) is 0 Å². The molecule has 3 rings (SSSR count). The second kappa shape index (κ2) is 9.24. The second-order valence-corrected chi connectivity index (χ2v) is 7.86. The summed E-state index contributed by atoms with van der Waals surface area (Å²) in [6.07, 6.45) is 0.845. The van der Waals surface area contributed by atoms with Gasteiger partial charge in [-0.15, -0.1) is 0 Å². The maximum atomic E-state index is 11.0. The molecule has 0 spiro atoms. The molecule has 0 aliphatic carbocycles. The lowest BCUT2D eigenvalue weighted by molar-refractivity contribution is -0.389. The van der Waals surface area contributed by atoms with Crippen molar-refractivity contribution in [1.29, 1.82) is 0 Å². The molecule has 6 nitrogen and oxygen atoms in total. The molecule has 0 aliphatic rings. The average Bonchev–Trinajstić information content (AvgIpc) is 3.01. The van der Waals surface area contributed by atoms with Crippen LogP contribution in [0, 0.1) is 10.1 Å². The largest absolute Gasteiger partial charge is 0.382 e. The number of benzene rings is 2. The number of ether oxygens (including phenoxy) is 1. The van der Waals surface area contributed by atoms with Crippen molar-refractivity contribution in [3.8, 4) is 0 Å². The predicted octanol–water partition coefficient (Wildman–Crippen LogP) is 6.47. The number of aromatic nitrogens is 2. The van der Waals surface area contributed by atoms with Gasteiger partial charge in [0.1, 0.15) is 12.3 Å². The first-order valence-corrected chi connectivity index (χ1v) is 9.94. The fraction of sp³-hybridized carbons (Fsp3) is 0.167. The Bertz CT molecular complexity index is 995. The maximum Gasteiger partial charge on any atom is 0.382 e. The molecule has 0 fully saturated rings. The van der Waals surface area contributed by atoms with E-state index in [9.17, 15) is 10.1 Å². The standard InChI is InChI=1S/C18H13BrCl3N3O3/c19-18-23-17(25(26)27)9-24(18)8-16(14-6-5-13(21)7-15(14)22)28-10-11-1-3-12(20)4-2-11/h1-7,9,16H,8,10H2. The molecule has 1 heterocycles. The number of nitrogens with zero attached hydrogens (tertiary/aromatic N) is 3. The third kappa shape index (κ3) is 5.24. The number of rotatable bonds is 7. The predicted molar refractivity (Wildman–Crippen MR) is 112 cm³/mol. The molecule has 1 aromatic heterocycles. The van der Waals surface area contributed by atoms with Gasteiger partial charge in [-0.1, -0.05) is 53.0 Å². The van der Waals surface area contributed by atoms with Crippen LogP contribution in [0.5, 0.6) is 0 Å². The average molecular weight is 506 g/mol. The summed E-state index contributed by atoms with van der Waals surface area (Å²) in [5.74, 6) is -0.259. The Kier molecular flexibility index (Phi) is 6.95. The number of halogens is 4. The number of nitro groups is 1. The van der Waals surface area contributed by atoms with E-state index in [1.807, 2.05) is 12.1 Å². The number of imidazole rings is 1. The highest BCUT2D eigenvalue weighted by Gasteiger charge is 2.22. The van der Waals surface area contributed by atoms with Crippen LogP contribution in [0.15, 0.2) is 53.4 Å². The van der Waals surface area contributed by atoms with Crippen LogP contribution in [0.4, 0.5) is 5.82 Å². The van der Waals surface area contributed by atoms with Gasteiger partial charge in [-0.25, -0.2) is 0 Å². The topological polar surface area (TPSA) is 70.2 Å². The van der Waals surface area contributed by atoms with Crippen molar-refractivity contribution < 1.29 is 9.66 Å². The van der Waals surface area contributed by atoms with Crippen molar-refractivity contribution in [3.05, 3.63) is 89.7 Å². The molecule has 3 aromatic rings. The quantitative estimate of drug-likeness (QED) is 0.273. The summed E-state index contributed by atoms with van der Waals surface area (Å²) < 4.78 is 8.01. The Morgan fingerprint density at radius 2 is 1.82 bits per heavy atom. The highest BCUT2D eigenvalue weighted by molar-refractivity contribution is 9.10. The number of hydrogen-bond acceptors (Lipinski definition) is 4. The Balaban J connectivity index is 1.87. The van der Waals surface area contributed by atoms with Crippen LogP contribution in [0.3, 0.4) is 0 Å². The molecule has 2 aromatic carbocycles. The second-order valence-electron chi connectivity index (χ2n) is 5.87. The first-order valence-electron chi connectivity index (χ1n) is 8.01.